The van der Waals surface area contributed by atoms with Gasteiger partial charge in [-0.3, -0.25) is 4.79 Å². The van der Waals surface area contributed by atoms with Crippen LogP contribution < -0.4 is 10.5 Å². The number of ether oxygens (including phenoxy) is 3. The normalized spacial score (nSPS) is 23.8. The Balaban J connectivity index is 1.68. The van der Waals surface area contributed by atoms with Gasteiger partial charge >= 0.3 is 0 Å². The molecule has 0 unspecified atom stereocenters. The van der Waals surface area contributed by atoms with Gasteiger partial charge in [-0.05, 0) is 0 Å². The molecule has 0 bridgehead atoms. The molecule has 2 aliphatic rings. The van der Waals surface area contributed by atoms with E-state index in [0.717, 1.165) is 18.8 Å². The summed E-state index contributed by atoms with van der Waals surface area (Å²) in [5.74, 6) is 0. The zero-order valence-electron chi connectivity index (χ0n) is 11.4. The van der Waals surface area contributed by atoms with Gasteiger partial charge in [0.15, 0.2) is 0 Å². The van der Waals surface area contributed by atoms with Gasteiger partial charge in [-0.2, -0.15) is 5.10 Å². The maximum absolute atomic E-state index is 12.1. The Kier molecular flexibility index (Phi) is 4.29. The minimum absolute atomic E-state index is 0.0943. The highest BCUT2D eigenvalue weighted by molar-refractivity contribution is 5.43. The van der Waals surface area contributed by atoms with Crippen molar-refractivity contribution in [3.05, 3.63) is 22.6 Å². The first kappa shape index (κ1) is 13.5. The van der Waals surface area contributed by atoms with Crippen LogP contribution in [0.25, 0.3) is 0 Å². The van der Waals surface area contributed by atoms with E-state index in [1.54, 1.807) is 12.3 Å². The Bertz CT molecular complexity index is 493. The van der Waals surface area contributed by atoms with E-state index in [9.17, 15) is 4.79 Å². The van der Waals surface area contributed by atoms with Crippen molar-refractivity contribution in [2.75, 3.05) is 51.0 Å². The second-order valence-electron chi connectivity index (χ2n) is 4.90. The fraction of sp³-hybridized carbons (Fsp3) is 0.692. The molecule has 0 saturated carbocycles. The number of aromatic nitrogens is 2. The van der Waals surface area contributed by atoms with Gasteiger partial charge in [-0.25, -0.2) is 4.68 Å². The first-order valence-electron chi connectivity index (χ1n) is 6.92. The Morgan fingerprint density at radius 2 is 2.05 bits per heavy atom. The third-order valence-corrected chi connectivity index (χ3v) is 3.49. The van der Waals surface area contributed by atoms with E-state index in [1.807, 2.05) is 0 Å². The highest BCUT2D eigenvalue weighted by Crippen LogP contribution is 2.11. The summed E-state index contributed by atoms with van der Waals surface area (Å²) in [7, 11) is 0. The zero-order chi connectivity index (χ0) is 13.8. The lowest BCUT2D eigenvalue weighted by molar-refractivity contribution is -0.0950. The summed E-state index contributed by atoms with van der Waals surface area (Å²) in [6.45, 7) is 5.11. The molecule has 7 nitrogen and oxygen atoms in total. The molecule has 0 radical (unpaired) electrons. The Morgan fingerprint density at radius 3 is 2.75 bits per heavy atom. The van der Waals surface area contributed by atoms with Gasteiger partial charge in [0.05, 0.1) is 51.5 Å². The molecule has 1 aromatic rings. The molecule has 0 aliphatic carbocycles. The van der Waals surface area contributed by atoms with Gasteiger partial charge in [0.2, 0.25) is 0 Å². The number of hydrogen-bond donors (Lipinski definition) is 0. The monoisotopic (exact) mass is 281 g/mol. The molecule has 3 heterocycles. The van der Waals surface area contributed by atoms with Crippen molar-refractivity contribution in [1.82, 2.24) is 9.78 Å². The van der Waals surface area contributed by atoms with Gasteiger partial charge in [0.1, 0.15) is 6.10 Å². The molecule has 1 aromatic heterocycles. The van der Waals surface area contributed by atoms with Crippen LogP contribution in [-0.2, 0) is 20.8 Å². The van der Waals surface area contributed by atoms with Gasteiger partial charge < -0.3 is 19.1 Å². The maximum atomic E-state index is 12.1. The molecule has 2 fully saturated rings. The second-order valence-corrected chi connectivity index (χ2v) is 4.90. The van der Waals surface area contributed by atoms with E-state index in [2.05, 4.69) is 10.00 Å². The van der Waals surface area contributed by atoms with Crippen LogP contribution in [0.4, 0.5) is 5.69 Å². The minimum atomic E-state index is -0.108. The smallest absolute Gasteiger partial charge is 0.268 e. The van der Waals surface area contributed by atoms with Crippen molar-refractivity contribution < 1.29 is 14.2 Å². The molecule has 7 heteroatoms. The van der Waals surface area contributed by atoms with Crippen LogP contribution in [0.1, 0.15) is 0 Å². The summed E-state index contributed by atoms with van der Waals surface area (Å²) in [4.78, 5) is 14.2. The van der Waals surface area contributed by atoms with Crippen molar-refractivity contribution in [3.63, 3.8) is 0 Å². The van der Waals surface area contributed by atoms with E-state index >= 15 is 0 Å². The van der Waals surface area contributed by atoms with E-state index in [0.29, 0.717) is 39.6 Å². The van der Waals surface area contributed by atoms with Crippen LogP contribution in [0.3, 0.4) is 0 Å². The van der Waals surface area contributed by atoms with Crippen LogP contribution in [0.5, 0.6) is 0 Å². The molecule has 0 N–H and O–H groups in total. The van der Waals surface area contributed by atoms with Gasteiger partial charge in [-0.1, -0.05) is 0 Å². The second kappa shape index (κ2) is 6.34. The van der Waals surface area contributed by atoms with Crippen molar-refractivity contribution in [3.8, 4) is 0 Å². The summed E-state index contributed by atoms with van der Waals surface area (Å²) >= 11 is 0. The predicted molar refractivity (Wildman–Crippen MR) is 72.1 cm³/mol. The Hall–Kier alpha value is -1.44. The van der Waals surface area contributed by atoms with Gasteiger partial charge in [0, 0.05) is 19.2 Å². The third-order valence-electron chi connectivity index (χ3n) is 3.49. The largest absolute Gasteiger partial charge is 0.378 e. The van der Waals surface area contributed by atoms with Crippen LogP contribution in [-0.4, -0.2) is 62.0 Å². The molecule has 1 atom stereocenters. The van der Waals surface area contributed by atoms with Gasteiger partial charge in [-0.15, -0.1) is 0 Å². The Labute approximate surface area is 117 Å². The van der Waals surface area contributed by atoms with Crippen LogP contribution in [0.15, 0.2) is 17.1 Å². The van der Waals surface area contributed by atoms with Crippen molar-refractivity contribution in [2.24, 2.45) is 0 Å². The number of rotatable bonds is 3. The van der Waals surface area contributed by atoms with E-state index in [-0.39, 0.29) is 11.7 Å². The quantitative estimate of drug-likeness (QED) is 0.744. The van der Waals surface area contributed by atoms with Crippen molar-refractivity contribution >= 4 is 5.69 Å². The van der Waals surface area contributed by atoms with E-state index in [1.165, 1.54) is 4.68 Å². The topological polar surface area (TPSA) is 65.8 Å². The lowest BCUT2D eigenvalue weighted by Gasteiger charge is -2.28. The number of hydrogen-bond acceptors (Lipinski definition) is 6. The average molecular weight is 281 g/mol. The number of nitrogens with zero attached hydrogens (tertiary/aromatic N) is 3. The summed E-state index contributed by atoms with van der Waals surface area (Å²) in [6, 6.07) is 1.63. The number of anilines is 1. The maximum Gasteiger partial charge on any atom is 0.268 e. The lowest BCUT2D eigenvalue weighted by atomic mass is 10.3. The van der Waals surface area contributed by atoms with Crippen LogP contribution in [0, 0.1) is 0 Å². The molecule has 2 aliphatic heterocycles. The third kappa shape index (κ3) is 3.17. The van der Waals surface area contributed by atoms with E-state index in [4.69, 9.17) is 14.2 Å². The molecular formula is C13H19N3O4. The van der Waals surface area contributed by atoms with Gasteiger partial charge in [0.25, 0.3) is 5.56 Å². The zero-order valence-corrected chi connectivity index (χ0v) is 11.4. The summed E-state index contributed by atoms with van der Waals surface area (Å²) in [5.41, 5.74) is 0.749. The highest BCUT2D eigenvalue weighted by Gasteiger charge is 2.17. The highest BCUT2D eigenvalue weighted by atomic mass is 16.6. The summed E-state index contributed by atoms with van der Waals surface area (Å²) in [6.07, 6.45) is 1.64. The van der Waals surface area contributed by atoms with E-state index < -0.39 is 0 Å². The summed E-state index contributed by atoms with van der Waals surface area (Å²) in [5, 5.41) is 4.23. The fourth-order valence-electron chi connectivity index (χ4n) is 2.39. The summed E-state index contributed by atoms with van der Waals surface area (Å²) < 4.78 is 17.6. The lowest BCUT2D eigenvalue weighted by Crippen LogP contribution is -2.39. The molecule has 0 spiro atoms. The number of morpholine rings is 1. The van der Waals surface area contributed by atoms with Crippen LogP contribution in [0.2, 0.25) is 0 Å². The molecule has 0 amide bonds. The van der Waals surface area contributed by atoms with Crippen molar-refractivity contribution in [2.45, 2.75) is 12.6 Å². The Morgan fingerprint density at radius 1 is 1.20 bits per heavy atom. The molecule has 20 heavy (non-hydrogen) atoms. The SMILES string of the molecule is O=c1cc(N2CCOCC2)cnn1C[C@H]1COCCO1. The first-order chi connectivity index (χ1) is 9.83. The predicted octanol–water partition coefficient (Wildman–Crippen LogP) is -0.505. The first-order valence-corrected chi connectivity index (χ1v) is 6.92. The standard InChI is InChI=1S/C13H19N3O4/c17-13-7-11(15-1-3-18-4-2-15)8-14-16(13)9-12-10-19-5-6-20-12/h7-8,12H,1-6,9-10H2/t12-/m0/s1. The fourth-order valence-corrected chi connectivity index (χ4v) is 2.39. The minimum Gasteiger partial charge on any atom is -0.378 e. The molecular weight excluding hydrogens is 262 g/mol. The molecule has 3 rings (SSSR count). The van der Waals surface area contributed by atoms with Crippen molar-refractivity contribution in [1.29, 1.82) is 0 Å². The molecule has 0 aromatic carbocycles. The molecule has 110 valence electrons. The van der Waals surface area contributed by atoms with Crippen LogP contribution >= 0.6 is 0 Å². The average Bonchev–Trinajstić information content (AvgIpc) is 2.51. The molecule has 2 saturated heterocycles.